The van der Waals surface area contributed by atoms with Gasteiger partial charge in [-0.2, -0.15) is 4.57 Å². The van der Waals surface area contributed by atoms with Crippen LogP contribution in [0, 0.1) is 6.92 Å². The number of nitrogens with zero attached hydrogens (tertiary/aromatic N) is 1. The zero-order valence-corrected chi connectivity index (χ0v) is 14.8. The number of rotatable bonds is 2. The van der Waals surface area contributed by atoms with E-state index in [0.717, 1.165) is 6.42 Å². The average Bonchev–Trinajstić information content (AvgIpc) is 3.07. The first-order valence-corrected chi connectivity index (χ1v) is 9.09. The Labute approximate surface area is 154 Å². The number of fused-ring (bicyclic) bond motifs is 3. The van der Waals surface area contributed by atoms with Crippen LogP contribution in [0.25, 0.3) is 28.1 Å². The maximum absolute atomic E-state index is 2.42. The van der Waals surface area contributed by atoms with Crippen LogP contribution in [0.1, 0.15) is 16.8 Å². The third-order valence-electron chi connectivity index (χ3n) is 5.20. The van der Waals surface area contributed by atoms with Gasteiger partial charge in [0.15, 0.2) is 5.69 Å². The minimum Gasteiger partial charge on any atom is -0.157 e. The van der Waals surface area contributed by atoms with Crippen LogP contribution in [-0.2, 0) is 6.42 Å². The molecule has 3 aromatic carbocycles. The van der Waals surface area contributed by atoms with Crippen LogP contribution >= 0.6 is 0 Å². The molecule has 0 bridgehead atoms. The molecule has 0 aliphatic carbocycles. The van der Waals surface area contributed by atoms with Crippen LogP contribution in [0.3, 0.4) is 0 Å². The summed E-state index contributed by atoms with van der Waals surface area (Å²) in [5.74, 6) is 0. The minimum absolute atomic E-state index is 0.982. The second-order valence-electron chi connectivity index (χ2n) is 6.99. The summed E-state index contributed by atoms with van der Waals surface area (Å²) in [4.78, 5) is 0. The van der Waals surface area contributed by atoms with Gasteiger partial charge in [-0.05, 0) is 30.2 Å². The fourth-order valence-corrected chi connectivity index (χ4v) is 3.87. The van der Waals surface area contributed by atoms with Crippen molar-refractivity contribution in [3.05, 3.63) is 108 Å². The molecule has 1 aliphatic heterocycles. The summed E-state index contributed by atoms with van der Waals surface area (Å²) in [6.45, 7) is 2.13. The highest BCUT2D eigenvalue weighted by atomic mass is 15.0. The Morgan fingerprint density at radius 3 is 2.19 bits per heavy atom. The van der Waals surface area contributed by atoms with Crippen LogP contribution < -0.4 is 4.57 Å². The Kier molecular flexibility index (Phi) is 3.46. The summed E-state index contributed by atoms with van der Waals surface area (Å²) < 4.78 is 2.42. The Balaban J connectivity index is 1.77. The van der Waals surface area contributed by atoms with Gasteiger partial charge in [-0.15, -0.1) is 0 Å². The lowest BCUT2D eigenvalue weighted by atomic mass is 10.0. The molecule has 0 unspecified atom stereocenters. The van der Waals surface area contributed by atoms with Crippen molar-refractivity contribution in [2.75, 3.05) is 0 Å². The summed E-state index contributed by atoms with van der Waals surface area (Å²) in [7, 11) is 0. The molecule has 0 N–H and O–H groups in total. The van der Waals surface area contributed by atoms with E-state index in [4.69, 9.17) is 0 Å². The Morgan fingerprint density at radius 1 is 0.654 bits per heavy atom. The second-order valence-corrected chi connectivity index (χ2v) is 6.99. The van der Waals surface area contributed by atoms with E-state index >= 15 is 0 Å². The van der Waals surface area contributed by atoms with E-state index in [1.165, 1.54) is 44.9 Å². The Morgan fingerprint density at radius 2 is 1.38 bits per heavy atom. The fourth-order valence-electron chi connectivity index (χ4n) is 3.87. The number of hydrogen-bond donors (Lipinski definition) is 0. The van der Waals surface area contributed by atoms with Crippen molar-refractivity contribution < 1.29 is 4.57 Å². The highest BCUT2D eigenvalue weighted by Gasteiger charge is 2.31. The van der Waals surface area contributed by atoms with Crippen molar-refractivity contribution in [3.8, 4) is 28.1 Å². The topological polar surface area (TPSA) is 3.88 Å². The zero-order chi connectivity index (χ0) is 17.5. The molecule has 2 heterocycles. The molecule has 0 atom stereocenters. The number of aryl methyl sites for hydroxylation is 1. The molecule has 0 fully saturated rings. The predicted molar refractivity (Wildman–Crippen MR) is 106 cm³/mol. The van der Waals surface area contributed by atoms with E-state index in [0.29, 0.717) is 0 Å². The normalized spacial score (nSPS) is 11.9. The molecule has 5 rings (SSSR count). The maximum Gasteiger partial charge on any atom is 0.219 e. The number of benzene rings is 3. The third kappa shape index (κ3) is 2.44. The molecule has 1 heteroatoms. The molecular formula is C25H20N+. The first-order valence-electron chi connectivity index (χ1n) is 9.09. The van der Waals surface area contributed by atoms with Gasteiger partial charge in [0.2, 0.25) is 11.4 Å². The van der Waals surface area contributed by atoms with Crippen molar-refractivity contribution in [2.45, 2.75) is 13.3 Å². The molecule has 0 spiro atoms. The molecule has 0 saturated heterocycles. The number of aromatic nitrogens is 1. The molecule has 0 amide bonds. The standard InChI is InChI=1S/C25H20N/c1-18-11-13-19(14-12-18)22-16-23-15-21-9-5-6-10-24(21)26(23)25(17-22)20-7-3-2-4-8-20/h2-14,16-17H,15H2,1H3/q+1. The van der Waals surface area contributed by atoms with Gasteiger partial charge in [-0.1, -0.05) is 66.2 Å². The molecule has 0 radical (unpaired) electrons. The fraction of sp³-hybridized carbons (Fsp3) is 0.0800. The predicted octanol–water partition coefficient (Wildman–Crippen LogP) is 5.51. The van der Waals surface area contributed by atoms with Gasteiger partial charge >= 0.3 is 0 Å². The molecule has 26 heavy (non-hydrogen) atoms. The third-order valence-corrected chi connectivity index (χ3v) is 5.20. The van der Waals surface area contributed by atoms with Gasteiger partial charge in [0.25, 0.3) is 0 Å². The smallest absolute Gasteiger partial charge is 0.157 e. The zero-order valence-electron chi connectivity index (χ0n) is 14.8. The monoisotopic (exact) mass is 334 g/mol. The summed E-state index contributed by atoms with van der Waals surface area (Å²) in [6.07, 6.45) is 0.982. The van der Waals surface area contributed by atoms with Crippen LogP contribution in [-0.4, -0.2) is 0 Å². The van der Waals surface area contributed by atoms with Crippen molar-refractivity contribution in [3.63, 3.8) is 0 Å². The lowest BCUT2D eigenvalue weighted by molar-refractivity contribution is -0.585. The second kappa shape index (κ2) is 5.96. The number of para-hydroxylation sites is 1. The van der Waals surface area contributed by atoms with Gasteiger partial charge in [-0.25, -0.2) is 0 Å². The molecule has 1 nitrogen and oxygen atoms in total. The van der Waals surface area contributed by atoms with E-state index in [2.05, 4.69) is 102 Å². The van der Waals surface area contributed by atoms with E-state index < -0.39 is 0 Å². The molecule has 4 aromatic rings. The first kappa shape index (κ1) is 15.1. The van der Waals surface area contributed by atoms with Crippen LogP contribution in [0.5, 0.6) is 0 Å². The largest absolute Gasteiger partial charge is 0.219 e. The van der Waals surface area contributed by atoms with E-state index in [9.17, 15) is 0 Å². The van der Waals surface area contributed by atoms with Crippen molar-refractivity contribution >= 4 is 0 Å². The van der Waals surface area contributed by atoms with Gasteiger partial charge in [0.1, 0.15) is 0 Å². The molecule has 0 saturated carbocycles. The molecule has 1 aromatic heterocycles. The minimum atomic E-state index is 0.982. The Bertz CT molecular complexity index is 1090. The van der Waals surface area contributed by atoms with Crippen molar-refractivity contribution in [2.24, 2.45) is 0 Å². The number of pyridine rings is 1. The average molecular weight is 334 g/mol. The van der Waals surface area contributed by atoms with E-state index in [1.54, 1.807) is 0 Å². The van der Waals surface area contributed by atoms with Gasteiger partial charge in [-0.3, -0.25) is 0 Å². The molecule has 124 valence electrons. The van der Waals surface area contributed by atoms with Gasteiger partial charge < -0.3 is 0 Å². The summed E-state index contributed by atoms with van der Waals surface area (Å²) in [5, 5.41) is 0. The quantitative estimate of drug-likeness (QED) is 0.375. The number of hydrogen-bond acceptors (Lipinski definition) is 0. The lowest BCUT2D eigenvalue weighted by Gasteiger charge is -2.08. The molecular weight excluding hydrogens is 314 g/mol. The van der Waals surface area contributed by atoms with Gasteiger partial charge in [0.05, 0.1) is 6.42 Å². The summed E-state index contributed by atoms with van der Waals surface area (Å²) >= 11 is 0. The SMILES string of the molecule is Cc1ccc(-c2cc3[n+](c(-c4ccccc4)c2)-c2ccccc2C3)cc1. The van der Waals surface area contributed by atoms with Crippen molar-refractivity contribution in [1.29, 1.82) is 0 Å². The van der Waals surface area contributed by atoms with Crippen LogP contribution in [0.4, 0.5) is 0 Å². The Hall–Kier alpha value is -3.19. The highest BCUT2D eigenvalue weighted by Crippen LogP contribution is 2.31. The maximum atomic E-state index is 2.42. The van der Waals surface area contributed by atoms with E-state index in [1.807, 2.05) is 0 Å². The van der Waals surface area contributed by atoms with Crippen molar-refractivity contribution in [1.82, 2.24) is 0 Å². The van der Waals surface area contributed by atoms with Gasteiger partial charge in [0, 0.05) is 29.3 Å². The lowest BCUT2D eigenvalue weighted by Crippen LogP contribution is -2.34. The van der Waals surface area contributed by atoms with E-state index in [-0.39, 0.29) is 0 Å². The van der Waals surface area contributed by atoms with Crippen LogP contribution in [0.15, 0.2) is 91.0 Å². The van der Waals surface area contributed by atoms with Crippen LogP contribution in [0.2, 0.25) is 0 Å². The summed E-state index contributed by atoms with van der Waals surface area (Å²) in [5.41, 5.74) is 10.4. The highest BCUT2D eigenvalue weighted by molar-refractivity contribution is 5.70. The first-order chi connectivity index (χ1) is 12.8. The molecule has 1 aliphatic rings. The summed E-state index contributed by atoms with van der Waals surface area (Å²) in [6, 6.07) is 32.9.